The summed E-state index contributed by atoms with van der Waals surface area (Å²) in [5.41, 5.74) is 0.890. The molecule has 1 heterocycles. The summed E-state index contributed by atoms with van der Waals surface area (Å²) in [5, 5.41) is 0. The third-order valence-electron chi connectivity index (χ3n) is 4.22. The molecule has 1 saturated heterocycles. The zero-order valence-corrected chi connectivity index (χ0v) is 14.6. The molecule has 1 aliphatic heterocycles. The molecule has 0 aliphatic carbocycles. The fourth-order valence-electron chi connectivity index (χ4n) is 2.62. The smallest absolute Gasteiger partial charge is 0.310 e. The van der Waals surface area contributed by atoms with E-state index >= 15 is 0 Å². The fourth-order valence-corrected chi connectivity index (χ4v) is 4.37. The number of hydrogen-bond donors (Lipinski definition) is 0. The molecule has 1 atom stereocenters. The van der Waals surface area contributed by atoms with Crippen LogP contribution in [0.4, 0.5) is 0 Å². The molecule has 23 heavy (non-hydrogen) atoms. The van der Waals surface area contributed by atoms with E-state index in [1.165, 1.54) is 4.31 Å². The first-order chi connectivity index (χ1) is 10.9. The van der Waals surface area contributed by atoms with E-state index in [2.05, 4.69) is 6.92 Å². The van der Waals surface area contributed by atoms with Crippen molar-refractivity contribution in [2.75, 3.05) is 18.8 Å². The molecular formula is C17H25NO4S. The zero-order chi connectivity index (χ0) is 16.9. The maximum atomic E-state index is 12.4. The van der Waals surface area contributed by atoms with Crippen LogP contribution < -0.4 is 0 Å². The topological polar surface area (TPSA) is 63.7 Å². The number of nitrogens with zero attached hydrogens (tertiary/aromatic N) is 1. The third kappa shape index (κ3) is 5.32. The van der Waals surface area contributed by atoms with Crippen LogP contribution in [0.5, 0.6) is 0 Å². The lowest BCUT2D eigenvalue weighted by atomic mass is 10.0. The SMILES string of the molecule is CC1CCN(S(=O)(=O)C[C@H](C)C(=O)OCc2ccccc2)CC1. The van der Waals surface area contributed by atoms with Gasteiger partial charge in [0, 0.05) is 13.1 Å². The molecule has 0 bridgehead atoms. The third-order valence-corrected chi connectivity index (χ3v) is 6.30. The fraction of sp³-hybridized carbons (Fsp3) is 0.588. The summed E-state index contributed by atoms with van der Waals surface area (Å²) >= 11 is 0. The van der Waals surface area contributed by atoms with E-state index in [1.807, 2.05) is 30.3 Å². The Morgan fingerprint density at radius 1 is 1.26 bits per heavy atom. The Hall–Kier alpha value is -1.40. The van der Waals surface area contributed by atoms with Crippen LogP contribution in [0.25, 0.3) is 0 Å². The van der Waals surface area contributed by atoms with Gasteiger partial charge in [-0.15, -0.1) is 0 Å². The van der Waals surface area contributed by atoms with Crippen molar-refractivity contribution >= 4 is 16.0 Å². The van der Waals surface area contributed by atoms with E-state index in [4.69, 9.17) is 4.74 Å². The first-order valence-electron chi connectivity index (χ1n) is 8.07. The van der Waals surface area contributed by atoms with Crippen molar-refractivity contribution in [3.63, 3.8) is 0 Å². The van der Waals surface area contributed by atoms with Crippen molar-refractivity contribution in [2.45, 2.75) is 33.3 Å². The summed E-state index contributed by atoms with van der Waals surface area (Å²) in [7, 11) is -3.40. The van der Waals surface area contributed by atoms with Gasteiger partial charge in [0.05, 0.1) is 11.7 Å². The molecule has 128 valence electrons. The highest BCUT2D eigenvalue weighted by molar-refractivity contribution is 7.89. The van der Waals surface area contributed by atoms with Gasteiger partial charge in [0.15, 0.2) is 0 Å². The molecule has 2 rings (SSSR count). The van der Waals surface area contributed by atoms with Gasteiger partial charge in [-0.1, -0.05) is 44.2 Å². The lowest BCUT2D eigenvalue weighted by Gasteiger charge is -2.30. The normalized spacial score (nSPS) is 18.5. The average Bonchev–Trinajstić information content (AvgIpc) is 2.53. The Kier molecular flexibility index (Phi) is 6.18. The molecule has 0 N–H and O–H groups in total. The van der Waals surface area contributed by atoms with E-state index in [9.17, 15) is 13.2 Å². The second-order valence-corrected chi connectivity index (χ2v) is 8.37. The Balaban J connectivity index is 1.84. The number of ether oxygens (including phenoxy) is 1. The van der Waals surface area contributed by atoms with Crippen LogP contribution in [0.15, 0.2) is 30.3 Å². The van der Waals surface area contributed by atoms with Gasteiger partial charge in [-0.05, 0) is 24.3 Å². The standard InChI is InChI=1S/C17H25NO4S/c1-14-8-10-18(11-9-14)23(20,21)13-15(2)17(19)22-12-16-6-4-3-5-7-16/h3-7,14-15H,8-13H2,1-2H3/t15-/m0/s1. The van der Waals surface area contributed by atoms with Crippen molar-refractivity contribution in [3.8, 4) is 0 Å². The van der Waals surface area contributed by atoms with Gasteiger partial charge in [-0.2, -0.15) is 0 Å². The number of carbonyl (C=O) groups excluding carboxylic acids is 1. The maximum Gasteiger partial charge on any atom is 0.310 e. The van der Waals surface area contributed by atoms with Gasteiger partial charge in [0.1, 0.15) is 6.61 Å². The first-order valence-corrected chi connectivity index (χ1v) is 9.68. The summed E-state index contributed by atoms with van der Waals surface area (Å²) in [6, 6.07) is 9.36. The number of esters is 1. The predicted octanol–water partition coefficient (Wildman–Crippen LogP) is 2.43. The van der Waals surface area contributed by atoms with Crippen molar-refractivity contribution in [1.29, 1.82) is 0 Å². The Labute approximate surface area is 138 Å². The quantitative estimate of drug-likeness (QED) is 0.747. The van der Waals surface area contributed by atoms with Gasteiger partial charge in [-0.25, -0.2) is 12.7 Å². The Morgan fingerprint density at radius 2 is 1.87 bits per heavy atom. The summed E-state index contributed by atoms with van der Waals surface area (Å²) in [6.45, 7) is 5.01. The van der Waals surface area contributed by atoms with E-state index in [1.54, 1.807) is 6.92 Å². The van der Waals surface area contributed by atoms with Crippen LogP contribution >= 0.6 is 0 Å². The molecule has 1 aliphatic rings. The highest BCUT2D eigenvalue weighted by atomic mass is 32.2. The molecule has 0 unspecified atom stereocenters. The predicted molar refractivity (Wildman–Crippen MR) is 89.2 cm³/mol. The minimum Gasteiger partial charge on any atom is -0.461 e. The van der Waals surface area contributed by atoms with Gasteiger partial charge in [-0.3, -0.25) is 4.79 Å². The van der Waals surface area contributed by atoms with Crippen molar-refractivity contribution in [1.82, 2.24) is 4.31 Å². The molecule has 1 fully saturated rings. The number of carbonyl (C=O) groups is 1. The van der Waals surface area contributed by atoms with Crippen molar-refractivity contribution < 1.29 is 17.9 Å². The lowest BCUT2D eigenvalue weighted by molar-refractivity contribution is -0.148. The molecule has 0 amide bonds. The molecule has 0 aromatic heterocycles. The number of rotatable bonds is 6. The van der Waals surface area contributed by atoms with E-state index in [0.717, 1.165) is 18.4 Å². The molecule has 0 spiro atoms. The highest BCUT2D eigenvalue weighted by Crippen LogP contribution is 2.20. The van der Waals surface area contributed by atoms with Crippen LogP contribution in [-0.2, 0) is 26.2 Å². The number of hydrogen-bond acceptors (Lipinski definition) is 4. The second-order valence-electron chi connectivity index (χ2n) is 6.35. The molecule has 1 aromatic rings. The molecule has 5 nitrogen and oxygen atoms in total. The van der Waals surface area contributed by atoms with Crippen molar-refractivity contribution in [2.24, 2.45) is 11.8 Å². The van der Waals surface area contributed by atoms with Crippen LogP contribution in [0.2, 0.25) is 0 Å². The lowest BCUT2D eigenvalue weighted by Crippen LogP contribution is -2.41. The zero-order valence-electron chi connectivity index (χ0n) is 13.8. The van der Waals surface area contributed by atoms with Gasteiger partial charge in [0.25, 0.3) is 0 Å². The van der Waals surface area contributed by atoms with Crippen LogP contribution in [-0.4, -0.2) is 37.5 Å². The van der Waals surface area contributed by atoms with Crippen molar-refractivity contribution in [3.05, 3.63) is 35.9 Å². The molecule has 6 heteroatoms. The first kappa shape index (κ1) is 17.9. The second kappa shape index (κ2) is 7.93. The largest absolute Gasteiger partial charge is 0.461 e. The Bertz CT molecular complexity index is 607. The monoisotopic (exact) mass is 339 g/mol. The summed E-state index contributed by atoms with van der Waals surface area (Å²) < 4.78 is 31.5. The molecule has 0 radical (unpaired) electrons. The van der Waals surface area contributed by atoms with E-state index < -0.39 is 21.9 Å². The summed E-state index contributed by atoms with van der Waals surface area (Å²) in [4.78, 5) is 12.0. The Morgan fingerprint density at radius 3 is 2.48 bits per heavy atom. The van der Waals surface area contributed by atoms with Gasteiger partial charge in [0.2, 0.25) is 10.0 Å². The van der Waals surface area contributed by atoms with Crippen LogP contribution in [0.1, 0.15) is 32.3 Å². The van der Waals surface area contributed by atoms with Gasteiger partial charge < -0.3 is 4.74 Å². The minimum atomic E-state index is -3.40. The van der Waals surface area contributed by atoms with Crippen LogP contribution in [0, 0.1) is 11.8 Å². The van der Waals surface area contributed by atoms with E-state index in [0.29, 0.717) is 19.0 Å². The summed E-state index contributed by atoms with van der Waals surface area (Å²) in [6.07, 6.45) is 1.76. The number of sulfonamides is 1. The van der Waals surface area contributed by atoms with E-state index in [-0.39, 0.29) is 12.4 Å². The minimum absolute atomic E-state index is 0.172. The number of benzene rings is 1. The summed E-state index contributed by atoms with van der Waals surface area (Å²) in [5.74, 6) is -0.754. The van der Waals surface area contributed by atoms with Gasteiger partial charge >= 0.3 is 5.97 Å². The highest BCUT2D eigenvalue weighted by Gasteiger charge is 2.30. The molecule has 1 aromatic carbocycles. The van der Waals surface area contributed by atoms with Crippen LogP contribution in [0.3, 0.4) is 0 Å². The molecular weight excluding hydrogens is 314 g/mol. The number of piperidine rings is 1. The molecule has 0 saturated carbocycles. The average molecular weight is 339 g/mol. The maximum absolute atomic E-state index is 12.4.